The molecule has 0 radical (unpaired) electrons. The maximum atomic E-state index is 2.21. The molecule has 0 atom stereocenters. The molecule has 0 nitrogen and oxygen atoms in total. The SMILES string of the molecule is [Zr+2]=[SiH]Cc1ccccc1. The molecule has 0 unspecified atom stereocenters. The van der Waals surface area contributed by atoms with Crippen LogP contribution in [0.4, 0.5) is 0 Å². The summed E-state index contributed by atoms with van der Waals surface area (Å²) in [6.45, 7) is 0. The molecule has 0 saturated heterocycles. The Labute approximate surface area is 71.3 Å². The van der Waals surface area contributed by atoms with Crippen molar-refractivity contribution < 1.29 is 23.3 Å². The predicted octanol–water partition coefficient (Wildman–Crippen LogP) is 1.08. The molecule has 0 N–H and O–H groups in total. The topological polar surface area (TPSA) is 0 Å². The maximum absolute atomic E-state index is 2.21. The molecule has 0 aliphatic carbocycles. The molecule has 1 aromatic carbocycles. The van der Waals surface area contributed by atoms with Crippen LogP contribution in [0.15, 0.2) is 30.3 Å². The van der Waals surface area contributed by atoms with Crippen molar-refractivity contribution in [2.24, 2.45) is 0 Å². The Balaban J connectivity index is 2.72. The third kappa shape index (κ3) is 2.59. The second kappa shape index (κ2) is 4.19. The van der Waals surface area contributed by atoms with Gasteiger partial charge >= 0.3 is 71.4 Å². The first kappa shape index (κ1) is 7.43. The molecule has 9 heavy (non-hydrogen) atoms. The molecule has 0 bridgehead atoms. The van der Waals surface area contributed by atoms with Crippen LogP contribution >= 0.6 is 0 Å². The van der Waals surface area contributed by atoms with Crippen molar-refractivity contribution in [2.75, 3.05) is 0 Å². The van der Waals surface area contributed by atoms with Gasteiger partial charge in [0.15, 0.2) is 0 Å². The Bertz CT molecular complexity index is 183. The summed E-state index contributed by atoms with van der Waals surface area (Å²) in [6.07, 6.45) is 0.715. The quantitative estimate of drug-likeness (QED) is 0.643. The van der Waals surface area contributed by atoms with E-state index in [4.69, 9.17) is 0 Å². The molecule has 0 amide bonds. The Kier molecular flexibility index (Phi) is 3.45. The van der Waals surface area contributed by atoms with Gasteiger partial charge in [0, 0.05) is 0 Å². The summed E-state index contributed by atoms with van der Waals surface area (Å²) >= 11 is 1.72. The van der Waals surface area contributed by atoms with Crippen molar-refractivity contribution in [3.63, 3.8) is 0 Å². The van der Waals surface area contributed by atoms with Crippen molar-refractivity contribution in [2.45, 2.75) is 6.04 Å². The van der Waals surface area contributed by atoms with Gasteiger partial charge in [-0.1, -0.05) is 0 Å². The van der Waals surface area contributed by atoms with Crippen LogP contribution in [0.5, 0.6) is 0 Å². The average Bonchev–Trinajstić information content (AvgIpc) is 1.91. The third-order valence-electron chi connectivity index (χ3n) is 1.18. The van der Waals surface area contributed by atoms with Crippen molar-refractivity contribution in [1.82, 2.24) is 0 Å². The van der Waals surface area contributed by atoms with Gasteiger partial charge in [-0.25, -0.2) is 0 Å². The fourth-order valence-electron chi connectivity index (χ4n) is 0.732. The summed E-state index contributed by atoms with van der Waals surface area (Å²) in [5, 5.41) is 0. The zero-order valence-corrected chi connectivity index (χ0v) is 8.78. The molecule has 1 aromatic rings. The number of hydrogen-bond donors (Lipinski definition) is 0. The first-order chi connectivity index (χ1) is 4.43. The molecule has 0 heterocycles. The van der Waals surface area contributed by atoms with Gasteiger partial charge in [0.05, 0.1) is 0 Å². The zero-order valence-electron chi connectivity index (χ0n) is 5.17. The predicted molar refractivity (Wildman–Crippen MR) is 37.3 cm³/mol. The van der Waals surface area contributed by atoms with Crippen molar-refractivity contribution in [3.8, 4) is 0 Å². The Morgan fingerprint density at radius 3 is 2.44 bits per heavy atom. The summed E-state index contributed by atoms with van der Waals surface area (Å²) in [6, 6.07) is 12.0. The molecule has 0 fully saturated rings. The summed E-state index contributed by atoms with van der Waals surface area (Å²) in [7, 11) is 0. The second-order valence-electron chi connectivity index (χ2n) is 1.89. The van der Waals surface area contributed by atoms with Gasteiger partial charge in [0.25, 0.3) is 0 Å². The first-order valence-corrected chi connectivity index (χ1v) is 8.61. The van der Waals surface area contributed by atoms with E-state index in [1.54, 1.807) is 23.3 Å². The zero-order chi connectivity index (χ0) is 6.53. The molecule has 0 aliphatic rings. The summed E-state index contributed by atoms with van der Waals surface area (Å²) in [5.74, 6) is 0. The molecule has 2 heteroatoms. The first-order valence-electron chi connectivity index (χ1n) is 2.96. The van der Waals surface area contributed by atoms with Crippen LogP contribution in [0, 0.1) is 0 Å². The average molecular weight is 211 g/mol. The molecule has 0 aliphatic heterocycles. The summed E-state index contributed by atoms with van der Waals surface area (Å²) in [5.41, 5.74) is 1.50. The van der Waals surface area contributed by atoms with Crippen molar-refractivity contribution >= 4 is 6.16 Å². The third-order valence-corrected chi connectivity index (χ3v) is 3.36. The number of hydrogen-bond acceptors (Lipinski definition) is 0. The van der Waals surface area contributed by atoms with E-state index in [2.05, 4.69) is 30.3 Å². The normalized spacial score (nSPS) is 9.11. The van der Waals surface area contributed by atoms with Gasteiger partial charge in [-0.3, -0.25) is 0 Å². The standard InChI is InChI=1S/C7H8Si.Zr/c8-6-7-4-2-1-3-5-7;/h1-5,8H,6H2;/q;+2. The van der Waals surface area contributed by atoms with Crippen LogP contribution in [0.2, 0.25) is 0 Å². The van der Waals surface area contributed by atoms with E-state index in [0.717, 1.165) is 0 Å². The van der Waals surface area contributed by atoms with E-state index in [9.17, 15) is 0 Å². The van der Waals surface area contributed by atoms with Crippen LogP contribution in [-0.4, -0.2) is 6.16 Å². The summed E-state index contributed by atoms with van der Waals surface area (Å²) in [4.78, 5) is 0. The van der Waals surface area contributed by atoms with E-state index in [1.165, 1.54) is 11.6 Å². The van der Waals surface area contributed by atoms with Gasteiger partial charge < -0.3 is 0 Å². The minimum absolute atomic E-state index is 0.715. The number of benzene rings is 1. The van der Waals surface area contributed by atoms with E-state index < -0.39 is 0 Å². The van der Waals surface area contributed by atoms with Gasteiger partial charge in [-0.15, -0.1) is 0 Å². The van der Waals surface area contributed by atoms with Gasteiger partial charge in [0.2, 0.25) is 0 Å². The fraction of sp³-hybridized carbons (Fsp3) is 0.143. The van der Waals surface area contributed by atoms with Crippen LogP contribution in [0.1, 0.15) is 5.56 Å². The van der Waals surface area contributed by atoms with Crippen molar-refractivity contribution in [3.05, 3.63) is 35.9 Å². The summed E-state index contributed by atoms with van der Waals surface area (Å²) < 4.78 is 0. The monoisotopic (exact) mass is 210 g/mol. The molecular formula is C7H8SiZr+2. The van der Waals surface area contributed by atoms with Gasteiger partial charge in [-0.2, -0.15) is 0 Å². The molecule has 1 rings (SSSR count). The van der Waals surface area contributed by atoms with E-state index >= 15 is 0 Å². The van der Waals surface area contributed by atoms with E-state index in [-0.39, 0.29) is 0 Å². The van der Waals surface area contributed by atoms with Gasteiger partial charge in [-0.05, 0) is 0 Å². The van der Waals surface area contributed by atoms with E-state index in [0.29, 0.717) is 6.16 Å². The molecule has 0 saturated carbocycles. The van der Waals surface area contributed by atoms with Crippen LogP contribution in [0.3, 0.4) is 0 Å². The van der Waals surface area contributed by atoms with Crippen LogP contribution in [0.25, 0.3) is 0 Å². The van der Waals surface area contributed by atoms with Crippen molar-refractivity contribution in [1.29, 1.82) is 0 Å². The Morgan fingerprint density at radius 2 is 1.89 bits per heavy atom. The van der Waals surface area contributed by atoms with Crippen LogP contribution in [-0.2, 0) is 29.4 Å². The van der Waals surface area contributed by atoms with Crippen LogP contribution < -0.4 is 0 Å². The molecule has 0 spiro atoms. The molecular weight excluding hydrogens is 203 g/mol. The number of rotatable bonds is 2. The molecule has 0 aromatic heterocycles. The second-order valence-corrected chi connectivity index (χ2v) is 5.72. The minimum atomic E-state index is 0.715. The molecule has 42 valence electrons. The van der Waals surface area contributed by atoms with E-state index in [1.807, 2.05) is 0 Å². The van der Waals surface area contributed by atoms with Gasteiger partial charge in [0.1, 0.15) is 0 Å². The fourth-order valence-corrected chi connectivity index (χ4v) is 2.98. The Morgan fingerprint density at radius 1 is 1.22 bits per heavy atom. The Hall–Kier alpha value is 0.320.